The van der Waals surface area contributed by atoms with Crippen LogP contribution in [-0.2, 0) is 0 Å². The number of nitrogens with zero attached hydrogens (tertiary/aromatic N) is 6. The first-order valence-electron chi connectivity index (χ1n) is 9.35. The lowest BCUT2D eigenvalue weighted by Gasteiger charge is -2.07. The maximum atomic E-state index is 14.5. The Balaban J connectivity index is 1.68. The molecule has 0 aliphatic rings. The van der Waals surface area contributed by atoms with Crippen molar-refractivity contribution in [3.8, 4) is 45.8 Å². The largest absolute Gasteiger partial charge is 0.496 e. The Kier molecular flexibility index (Phi) is 4.68. The minimum Gasteiger partial charge on any atom is -0.496 e. The lowest BCUT2D eigenvalue weighted by Crippen LogP contribution is -2.03. The third-order valence-corrected chi connectivity index (χ3v) is 4.63. The number of rotatable bonds is 5. The highest BCUT2D eigenvalue weighted by Gasteiger charge is 2.25. The summed E-state index contributed by atoms with van der Waals surface area (Å²) in [5.74, 6) is 0.621. The third kappa shape index (κ3) is 3.31. The summed E-state index contributed by atoms with van der Waals surface area (Å²) in [5.41, 5.74) is 2.14. The van der Waals surface area contributed by atoms with E-state index in [2.05, 4.69) is 25.4 Å². The molecule has 5 aromatic rings. The van der Waals surface area contributed by atoms with E-state index in [9.17, 15) is 4.39 Å². The Hall–Kier alpha value is -4.40. The standard InChI is InChI=1S/C22H15FN6O2/c1-30-18-12-5-2-8-14(18)21-25-22(31-27-21)19-20(16-10-6-7-13-24-16)29(28-26-19)17-11-4-3-9-15(17)23/h2-13H,1H3. The second-order valence-corrected chi connectivity index (χ2v) is 6.49. The average Bonchev–Trinajstić information content (AvgIpc) is 3.47. The number of benzene rings is 2. The van der Waals surface area contributed by atoms with E-state index in [-0.39, 0.29) is 17.3 Å². The van der Waals surface area contributed by atoms with Gasteiger partial charge in [-0.05, 0) is 36.4 Å². The fourth-order valence-electron chi connectivity index (χ4n) is 3.21. The molecule has 5 rings (SSSR count). The fourth-order valence-corrected chi connectivity index (χ4v) is 3.21. The van der Waals surface area contributed by atoms with Crippen LogP contribution in [0.1, 0.15) is 0 Å². The minimum atomic E-state index is -0.448. The second-order valence-electron chi connectivity index (χ2n) is 6.49. The summed E-state index contributed by atoms with van der Waals surface area (Å²) in [5, 5.41) is 12.4. The van der Waals surface area contributed by atoms with E-state index in [4.69, 9.17) is 9.26 Å². The van der Waals surface area contributed by atoms with Crippen LogP contribution in [0.25, 0.3) is 40.0 Å². The molecule has 0 bridgehead atoms. The van der Waals surface area contributed by atoms with E-state index >= 15 is 0 Å². The number of aromatic nitrogens is 6. The molecule has 31 heavy (non-hydrogen) atoms. The molecule has 9 heteroatoms. The Morgan fingerprint density at radius 2 is 1.77 bits per heavy atom. The molecule has 2 aromatic carbocycles. The lowest BCUT2D eigenvalue weighted by atomic mass is 10.2. The average molecular weight is 414 g/mol. The van der Waals surface area contributed by atoms with Gasteiger partial charge in [-0.2, -0.15) is 4.98 Å². The first kappa shape index (κ1) is 18.6. The van der Waals surface area contributed by atoms with Crippen molar-refractivity contribution in [3.63, 3.8) is 0 Å². The van der Waals surface area contributed by atoms with Crippen molar-refractivity contribution < 1.29 is 13.7 Å². The van der Waals surface area contributed by atoms with Gasteiger partial charge >= 0.3 is 0 Å². The number of hydrogen-bond acceptors (Lipinski definition) is 7. The van der Waals surface area contributed by atoms with Crippen molar-refractivity contribution in [2.45, 2.75) is 0 Å². The van der Waals surface area contributed by atoms with Gasteiger partial charge in [0, 0.05) is 6.20 Å². The molecule has 0 N–H and O–H groups in total. The third-order valence-electron chi connectivity index (χ3n) is 4.63. The zero-order chi connectivity index (χ0) is 21.2. The number of ether oxygens (including phenoxy) is 1. The molecule has 0 saturated carbocycles. The molecule has 152 valence electrons. The molecule has 0 unspecified atom stereocenters. The van der Waals surface area contributed by atoms with E-state index in [0.29, 0.717) is 28.5 Å². The minimum absolute atomic E-state index is 0.129. The Morgan fingerprint density at radius 1 is 0.968 bits per heavy atom. The molecule has 0 radical (unpaired) electrons. The highest BCUT2D eigenvalue weighted by Crippen LogP contribution is 2.33. The molecule has 8 nitrogen and oxygen atoms in total. The molecule has 3 heterocycles. The summed E-state index contributed by atoms with van der Waals surface area (Å²) in [4.78, 5) is 8.86. The fraction of sp³-hybridized carbons (Fsp3) is 0.0455. The Bertz CT molecular complexity index is 1350. The Labute approximate surface area is 176 Å². The van der Waals surface area contributed by atoms with Crippen molar-refractivity contribution in [3.05, 3.63) is 78.7 Å². The van der Waals surface area contributed by atoms with Crippen LogP contribution in [0.5, 0.6) is 5.75 Å². The zero-order valence-corrected chi connectivity index (χ0v) is 16.3. The van der Waals surface area contributed by atoms with Gasteiger partial charge in [0.05, 0.1) is 18.4 Å². The van der Waals surface area contributed by atoms with Crippen LogP contribution >= 0.6 is 0 Å². The van der Waals surface area contributed by atoms with Crippen LogP contribution in [0, 0.1) is 5.82 Å². The first-order valence-corrected chi connectivity index (χ1v) is 9.35. The van der Waals surface area contributed by atoms with Gasteiger partial charge in [0.2, 0.25) is 5.82 Å². The van der Waals surface area contributed by atoms with E-state index in [1.165, 1.54) is 10.7 Å². The summed E-state index contributed by atoms with van der Waals surface area (Å²) in [7, 11) is 1.57. The normalized spacial score (nSPS) is 10.9. The smallest absolute Gasteiger partial charge is 0.281 e. The lowest BCUT2D eigenvalue weighted by molar-refractivity contribution is 0.413. The summed E-state index contributed by atoms with van der Waals surface area (Å²) in [6.45, 7) is 0. The van der Waals surface area contributed by atoms with Crippen LogP contribution < -0.4 is 4.74 Å². The van der Waals surface area contributed by atoms with E-state index < -0.39 is 5.82 Å². The number of pyridine rings is 1. The monoisotopic (exact) mass is 414 g/mol. The summed E-state index contributed by atoms with van der Waals surface area (Å²) in [6.07, 6.45) is 1.63. The van der Waals surface area contributed by atoms with Crippen molar-refractivity contribution in [2.24, 2.45) is 0 Å². The quantitative estimate of drug-likeness (QED) is 0.426. The van der Waals surface area contributed by atoms with Gasteiger partial charge in [-0.1, -0.05) is 40.7 Å². The predicted octanol–water partition coefficient (Wildman–Crippen LogP) is 4.19. The topological polar surface area (TPSA) is 91.8 Å². The van der Waals surface area contributed by atoms with Gasteiger partial charge < -0.3 is 9.26 Å². The molecule has 0 saturated heterocycles. The van der Waals surface area contributed by atoms with Gasteiger partial charge in [-0.15, -0.1) is 5.10 Å². The van der Waals surface area contributed by atoms with Gasteiger partial charge in [0.15, 0.2) is 5.69 Å². The van der Waals surface area contributed by atoms with Gasteiger partial charge in [-0.25, -0.2) is 9.07 Å². The van der Waals surface area contributed by atoms with Crippen LogP contribution in [0.4, 0.5) is 4.39 Å². The van der Waals surface area contributed by atoms with Gasteiger partial charge in [0.25, 0.3) is 5.89 Å². The number of para-hydroxylation sites is 2. The van der Waals surface area contributed by atoms with E-state index in [1.54, 1.807) is 49.7 Å². The van der Waals surface area contributed by atoms with E-state index in [1.807, 2.05) is 24.3 Å². The van der Waals surface area contributed by atoms with Gasteiger partial charge in [-0.3, -0.25) is 4.98 Å². The molecule has 0 amide bonds. The second kappa shape index (κ2) is 7.79. The molecule has 0 fully saturated rings. The summed E-state index contributed by atoms with van der Waals surface area (Å²) >= 11 is 0. The maximum absolute atomic E-state index is 14.5. The maximum Gasteiger partial charge on any atom is 0.281 e. The molecule has 0 atom stereocenters. The van der Waals surface area contributed by atoms with Crippen molar-refractivity contribution >= 4 is 0 Å². The molecule has 0 aliphatic heterocycles. The van der Waals surface area contributed by atoms with Crippen molar-refractivity contribution in [1.82, 2.24) is 30.1 Å². The highest BCUT2D eigenvalue weighted by atomic mass is 19.1. The first-order chi connectivity index (χ1) is 15.3. The number of halogens is 1. The molecule has 3 aromatic heterocycles. The van der Waals surface area contributed by atoms with Gasteiger partial charge in [0.1, 0.15) is 22.9 Å². The van der Waals surface area contributed by atoms with Crippen LogP contribution in [0.2, 0.25) is 0 Å². The van der Waals surface area contributed by atoms with E-state index in [0.717, 1.165) is 0 Å². The zero-order valence-electron chi connectivity index (χ0n) is 16.3. The molecule has 0 spiro atoms. The molecule has 0 aliphatic carbocycles. The summed E-state index contributed by atoms with van der Waals surface area (Å²) in [6, 6.07) is 19.0. The number of hydrogen-bond donors (Lipinski definition) is 0. The predicted molar refractivity (Wildman–Crippen MR) is 110 cm³/mol. The van der Waals surface area contributed by atoms with Crippen LogP contribution in [0.15, 0.2) is 77.4 Å². The SMILES string of the molecule is COc1ccccc1-c1noc(-c2nnn(-c3ccccc3F)c2-c2ccccn2)n1. The van der Waals surface area contributed by atoms with Crippen molar-refractivity contribution in [2.75, 3.05) is 7.11 Å². The molecular weight excluding hydrogens is 399 g/mol. The van der Waals surface area contributed by atoms with Crippen LogP contribution in [-0.4, -0.2) is 37.2 Å². The van der Waals surface area contributed by atoms with Crippen molar-refractivity contribution in [1.29, 1.82) is 0 Å². The number of methoxy groups -OCH3 is 1. The Morgan fingerprint density at radius 3 is 2.58 bits per heavy atom. The molecular formula is C22H15FN6O2. The highest BCUT2D eigenvalue weighted by molar-refractivity contribution is 5.74. The van der Waals surface area contributed by atoms with Crippen LogP contribution in [0.3, 0.4) is 0 Å². The summed E-state index contributed by atoms with van der Waals surface area (Å²) < 4.78 is 26.8.